The second-order valence-electron chi connectivity index (χ2n) is 9.30. The predicted molar refractivity (Wildman–Crippen MR) is 162 cm³/mol. The Hall–Kier alpha value is -1.29. The number of halogens is 1. The van der Waals surface area contributed by atoms with Gasteiger partial charge in [0.15, 0.2) is 13.9 Å². The van der Waals surface area contributed by atoms with Gasteiger partial charge in [0.2, 0.25) is 13.3 Å². The molecule has 0 bridgehead atoms. The van der Waals surface area contributed by atoms with Crippen LogP contribution in [0.1, 0.15) is 46.5 Å². The molecule has 1 aromatic heterocycles. The van der Waals surface area contributed by atoms with Gasteiger partial charge in [-0.2, -0.15) is 0 Å². The first-order valence-electron chi connectivity index (χ1n) is 12.9. The summed E-state index contributed by atoms with van der Waals surface area (Å²) in [6.07, 6.45) is 3.68. The number of carbonyl (C=O) groups is 2. The molecule has 1 aromatic carbocycles. The van der Waals surface area contributed by atoms with Crippen LogP contribution in [0.5, 0.6) is 0 Å². The van der Waals surface area contributed by atoms with E-state index < -0.39 is 27.2 Å². The maximum absolute atomic E-state index is 13.5. The number of benzene rings is 1. The van der Waals surface area contributed by atoms with Crippen LogP contribution in [-0.2, 0) is 9.36 Å². The fraction of sp³-hybridized carbons (Fsp3) is 0.560. The number of carbonyl (C=O) groups excluding carboxylic acids is 2. The molecule has 4 N–H and O–H groups in total. The summed E-state index contributed by atoms with van der Waals surface area (Å²) in [5, 5.41) is 3.44. The zero-order chi connectivity index (χ0) is 29.2. The lowest BCUT2D eigenvalue weighted by atomic mass is 10.1. The van der Waals surface area contributed by atoms with Crippen LogP contribution < -0.4 is 10.2 Å². The molecule has 3 atom stereocenters. The van der Waals surface area contributed by atoms with Crippen molar-refractivity contribution in [2.45, 2.75) is 58.0 Å². The molecular weight excluding hydrogens is 582 g/mol. The molecule has 0 aliphatic rings. The number of hydrogen-bond acceptors (Lipinski definition) is 8. The van der Waals surface area contributed by atoms with Crippen molar-refractivity contribution in [3.05, 3.63) is 35.5 Å². The summed E-state index contributed by atoms with van der Waals surface area (Å²) >= 11 is 7.26. The molecule has 3 unspecified atom stereocenters. The van der Waals surface area contributed by atoms with Gasteiger partial charge < -0.3 is 24.9 Å². The van der Waals surface area contributed by atoms with E-state index in [1.54, 1.807) is 23.2 Å². The lowest BCUT2D eigenvalue weighted by Crippen LogP contribution is -2.37. The minimum absolute atomic E-state index is 0.0317. The number of thioether (sulfide) groups is 1. The molecule has 0 saturated heterocycles. The van der Waals surface area contributed by atoms with Crippen LogP contribution in [0.3, 0.4) is 0 Å². The summed E-state index contributed by atoms with van der Waals surface area (Å²) in [6.45, 7) is 10.1. The summed E-state index contributed by atoms with van der Waals surface area (Å²) in [5.74, 6) is -0.247. The highest BCUT2D eigenvalue weighted by Crippen LogP contribution is 2.53. The Morgan fingerprint density at radius 3 is 2.51 bits per heavy atom. The zero-order valence-electron chi connectivity index (χ0n) is 22.8. The molecule has 2 amide bonds. The van der Waals surface area contributed by atoms with E-state index in [0.717, 1.165) is 62.0 Å². The Kier molecular flexibility index (Phi) is 14.1. The van der Waals surface area contributed by atoms with Crippen LogP contribution in [0.4, 0.5) is 10.5 Å². The number of nitrogens with zero attached hydrogens (tertiary/aromatic N) is 3. The van der Waals surface area contributed by atoms with Gasteiger partial charge in [0, 0.05) is 41.5 Å². The summed E-state index contributed by atoms with van der Waals surface area (Å²) in [5.41, 5.74) is -0.171. The number of nitrogens with one attached hydrogen (secondary N) is 1. The average molecular weight is 621 g/mol. The van der Waals surface area contributed by atoms with E-state index in [-0.39, 0.29) is 17.7 Å². The van der Waals surface area contributed by atoms with Crippen molar-refractivity contribution in [3.8, 4) is 0 Å². The van der Waals surface area contributed by atoms with Gasteiger partial charge in [-0.25, -0.2) is 0 Å². The Labute approximate surface area is 240 Å². The number of fused-ring (bicyclic) bond motifs is 1. The van der Waals surface area contributed by atoms with Crippen molar-refractivity contribution in [2.24, 2.45) is 0 Å². The van der Waals surface area contributed by atoms with Gasteiger partial charge in [0.25, 0.3) is 5.24 Å². The summed E-state index contributed by atoms with van der Waals surface area (Å²) in [7, 11) is -6.74. The van der Waals surface area contributed by atoms with E-state index in [9.17, 15) is 28.8 Å². The van der Waals surface area contributed by atoms with Crippen molar-refractivity contribution in [2.75, 3.05) is 37.0 Å². The molecule has 2 rings (SSSR count). The lowest BCUT2D eigenvalue weighted by Gasteiger charge is -2.30. The number of amides is 2. The number of aromatic nitrogens is 1. The molecule has 14 heteroatoms. The van der Waals surface area contributed by atoms with Gasteiger partial charge in [0.05, 0.1) is 11.2 Å². The molecule has 0 aliphatic carbocycles. The maximum atomic E-state index is 13.5. The SMILES string of the molecule is CCN(CC)CCCC(C)N(C(=O)SCCCC(=O)NC(P(O)O)P(C)(=O)O)c1ccnc2cc(Cl)ccc12. The normalized spacial score (nSPS) is 14.8. The predicted octanol–water partition coefficient (Wildman–Crippen LogP) is 5.44. The zero-order valence-corrected chi connectivity index (χ0v) is 26.1. The number of pyridine rings is 1. The van der Waals surface area contributed by atoms with Gasteiger partial charge >= 0.3 is 0 Å². The van der Waals surface area contributed by atoms with E-state index in [1.807, 2.05) is 19.1 Å². The van der Waals surface area contributed by atoms with Gasteiger partial charge in [-0.1, -0.05) is 37.2 Å². The quantitative estimate of drug-likeness (QED) is 0.151. The van der Waals surface area contributed by atoms with Crippen LogP contribution in [0.2, 0.25) is 5.02 Å². The third-order valence-electron chi connectivity index (χ3n) is 6.31. The fourth-order valence-electron chi connectivity index (χ4n) is 4.16. The van der Waals surface area contributed by atoms with Gasteiger partial charge in [-0.15, -0.1) is 0 Å². The monoisotopic (exact) mass is 620 g/mol. The highest BCUT2D eigenvalue weighted by Gasteiger charge is 2.34. The molecule has 10 nitrogen and oxygen atoms in total. The van der Waals surface area contributed by atoms with Crippen LogP contribution in [0, 0.1) is 0 Å². The van der Waals surface area contributed by atoms with Crippen LogP contribution in [-0.4, -0.2) is 79.3 Å². The second-order valence-corrected chi connectivity index (χ2v) is 14.8. The van der Waals surface area contributed by atoms with Crippen LogP contribution in [0.15, 0.2) is 30.5 Å². The van der Waals surface area contributed by atoms with E-state index in [2.05, 4.69) is 29.0 Å². The first-order chi connectivity index (χ1) is 18.4. The smallest absolute Gasteiger partial charge is 0.286 e. The first kappa shape index (κ1) is 33.9. The molecule has 0 radical (unpaired) electrons. The van der Waals surface area contributed by atoms with Crippen molar-refractivity contribution in [3.63, 3.8) is 0 Å². The summed E-state index contributed by atoms with van der Waals surface area (Å²) in [4.78, 5) is 62.7. The maximum Gasteiger partial charge on any atom is 0.286 e. The Morgan fingerprint density at radius 1 is 1.21 bits per heavy atom. The number of hydrogen-bond donors (Lipinski definition) is 4. The Bertz CT molecular complexity index is 1150. The number of anilines is 1. The Balaban J connectivity index is 2.11. The largest absolute Gasteiger partial charge is 0.348 e. The summed E-state index contributed by atoms with van der Waals surface area (Å²) in [6, 6.07) is 7.12. The molecular formula is C25H39ClN4O6P2S. The Morgan fingerprint density at radius 2 is 1.90 bits per heavy atom. The standard InChI is InChI=1S/C25H39ClN4O6P2S/c1-5-29(6-2)15-7-9-18(3)30(22-13-14-27-21-17-19(26)11-12-20(21)22)25(32)39-16-8-10-23(31)28-24(37(33)34)38(4,35)36/h11-14,17-18,24,33-34H,5-10,15-16H2,1-4H3,(H,28,31)(H,35,36). The van der Waals surface area contributed by atoms with Gasteiger partial charge in [0.1, 0.15) is 0 Å². The third-order valence-corrected chi connectivity index (χ3v) is 11.0. The van der Waals surface area contributed by atoms with Crippen molar-refractivity contribution >= 4 is 66.8 Å². The van der Waals surface area contributed by atoms with Crippen LogP contribution in [0.25, 0.3) is 10.9 Å². The highest BCUT2D eigenvalue weighted by atomic mass is 35.5. The first-order valence-corrected chi connectivity index (χ1v) is 17.7. The third kappa shape index (κ3) is 10.6. The van der Waals surface area contributed by atoms with Gasteiger partial charge in [-0.05, 0) is 70.1 Å². The molecule has 0 fully saturated rings. The second kappa shape index (κ2) is 16.2. The highest BCUT2D eigenvalue weighted by molar-refractivity contribution is 8.13. The fourth-order valence-corrected chi connectivity index (χ4v) is 7.38. The number of rotatable bonds is 15. The van der Waals surface area contributed by atoms with Crippen molar-refractivity contribution < 1.29 is 28.8 Å². The lowest BCUT2D eigenvalue weighted by molar-refractivity contribution is -0.121. The van der Waals surface area contributed by atoms with Crippen LogP contribution >= 0.6 is 39.1 Å². The molecule has 2 aromatic rings. The minimum atomic E-state index is -3.93. The van der Waals surface area contributed by atoms with E-state index in [1.165, 1.54) is 0 Å². The molecule has 0 spiro atoms. The van der Waals surface area contributed by atoms with E-state index in [4.69, 9.17) is 11.6 Å². The average Bonchev–Trinajstić information content (AvgIpc) is 2.87. The topological polar surface area (TPSA) is 143 Å². The molecule has 0 saturated carbocycles. The van der Waals surface area contributed by atoms with Crippen molar-refractivity contribution in [1.82, 2.24) is 15.2 Å². The van der Waals surface area contributed by atoms with E-state index >= 15 is 0 Å². The molecule has 1 heterocycles. The van der Waals surface area contributed by atoms with Crippen molar-refractivity contribution in [1.29, 1.82) is 0 Å². The minimum Gasteiger partial charge on any atom is -0.348 e. The summed E-state index contributed by atoms with van der Waals surface area (Å²) < 4.78 is 11.8. The molecule has 0 aliphatic heterocycles. The van der Waals surface area contributed by atoms with E-state index in [0.29, 0.717) is 22.7 Å². The molecule has 39 heavy (non-hydrogen) atoms. The van der Waals surface area contributed by atoms with Gasteiger partial charge in [-0.3, -0.25) is 24.0 Å². The molecule has 218 valence electrons.